The fraction of sp³-hybridized carbons (Fsp3) is 0.250. The molecular weight excluding hydrogens is 350 g/mol. The van der Waals surface area contributed by atoms with E-state index in [0.29, 0.717) is 4.90 Å². The number of benzene rings is 2. The molecule has 0 aliphatic rings. The number of anilines is 1. The number of aryl methyl sites for hydroxylation is 1. The largest absolute Gasteiger partial charge is 0.378 e. The van der Waals surface area contributed by atoms with Crippen LogP contribution in [0.4, 0.5) is 5.69 Å². The van der Waals surface area contributed by atoms with Crippen LogP contribution in [0, 0.1) is 6.92 Å². The number of hydrogen-bond acceptors (Lipinski definition) is 3. The summed E-state index contributed by atoms with van der Waals surface area (Å²) in [5.41, 5.74) is 3.27. The summed E-state index contributed by atoms with van der Waals surface area (Å²) >= 11 is 3.47. The molecule has 2 aromatic carbocycles. The maximum absolute atomic E-state index is 11.5. The molecule has 0 aliphatic carbocycles. The van der Waals surface area contributed by atoms with E-state index in [-0.39, 0.29) is 6.04 Å². The van der Waals surface area contributed by atoms with Gasteiger partial charge in [0, 0.05) is 22.5 Å². The van der Waals surface area contributed by atoms with E-state index in [2.05, 4.69) is 28.2 Å². The van der Waals surface area contributed by atoms with Crippen LogP contribution in [0.25, 0.3) is 0 Å². The number of rotatable bonds is 4. The molecule has 0 radical (unpaired) electrons. The Morgan fingerprint density at radius 1 is 1.10 bits per heavy atom. The zero-order valence-electron chi connectivity index (χ0n) is 12.2. The maximum Gasteiger partial charge on any atom is 0.175 e. The Labute approximate surface area is 134 Å². The first-order valence-corrected chi connectivity index (χ1v) is 9.28. The molecule has 0 amide bonds. The van der Waals surface area contributed by atoms with E-state index in [0.717, 1.165) is 21.3 Å². The van der Waals surface area contributed by atoms with Crippen molar-refractivity contribution in [2.75, 3.05) is 11.6 Å². The highest BCUT2D eigenvalue weighted by molar-refractivity contribution is 9.10. The SMILES string of the molecule is Cc1ccc(Br)cc1NC(C)c1ccc(S(C)(=O)=O)cc1. The molecule has 3 nitrogen and oxygen atoms in total. The third-order valence-corrected chi connectivity index (χ3v) is 5.00. The number of hydrogen-bond donors (Lipinski definition) is 1. The smallest absolute Gasteiger partial charge is 0.175 e. The zero-order valence-corrected chi connectivity index (χ0v) is 14.6. The Morgan fingerprint density at radius 2 is 1.71 bits per heavy atom. The van der Waals surface area contributed by atoms with Gasteiger partial charge in [-0.2, -0.15) is 0 Å². The minimum Gasteiger partial charge on any atom is -0.378 e. The number of halogens is 1. The van der Waals surface area contributed by atoms with E-state index >= 15 is 0 Å². The fourth-order valence-corrected chi connectivity index (χ4v) is 3.06. The van der Waals surface area contributed by atoms with Crippen LogP contribution >= 0.6 is 15.9 Å². The van der Waals surface area contributed by atoms with Gasteiger partial charge in [0.1, 0.15) is 0 Å². The molecule has 0 aliphatic heterocycles. The molecule has 0 spiro atoms. The predicted molar refractivity (Wildman–Crippen MR) is 90.5 cm³/mol. The van der Waals surface area contributed by atoms with Gasteiger partial charge in [-0.1, -0.05) is 34.1 Å². The summed E-state index contributed by atoms with van der Waals surface area (Å²) in [7, 11) is -3.14. The lowest BCUT2D eigenvalue weighted by Gasteiger charge is -2.18. The van der Waals surface area contributed by atoms with E-state index in [1.54, 1.807) is 12.1 Å². The zero-order chi connectivity index (χ0) is 15.6. The first-order valence-electron chi connectivity index (χ1n) is 6.60. The standard InChI is InChI=1S/C16H18BrNO2S/c1-11-4-7-14(17)10-16(11)18-12(2)13-5-8-15(9-6-13)21(3,19)20/h4-10,12,18H,1-3H3. The monoisotopic (exact) mass is 367 g/mol. The van der Waals surface area contributed by atoms with Gasteiger partial charge in [-0.25, -0.2) is 8.42 Å². The second kappa shape index (κ2) is 6.20. The van der Waals surface area contributed by atoms with E-state index < -0.39 is 9.84 Å². The average molecular weight is 368 g/mol. The van der Waals surface area contributed by atoms with Gasteiger partial charge in [-0.05, 0) is 49.2 Å². The number of nitrogens with one attached hydrogen (secondary N) is 1. The van der Waals surface area contributed by atoms with Crippen LogP contribution in [-0.4, -0.2) is 14.7 Å². The van der Waals surface area contributed by atoms with Crippen LogP contribution in [0.5, 0.6) is 0 Å². The minimum absolute atomic E-state index is 0.0895. The molecule has 1 unspecified atom stereocenters. The lowest BCUT2D eigenvalue weighted by Crippen LogP contribution is -2.08. The van der Waals surface area contributed by atoms with Crippen molar-refractivity contribution >= 4 is 31.5 Å². The summed E-state index contributed by atoms with van der Waals surface area (Å²) < 4.78 is 24.0. The third-order valence-electron chi connectivity index (χ3n) is 3.38. The van der Waals surface area contributed by atoms with Gasteiger partial charge in [-0.15, -0.1) is 0 Å². The molecule has 0 heterocycles. The predicted octanol–water partition coefficient (Wildman–Crippen LogP) is 4.33. The maximum atomic E-state index is 11.5. The molecule has 0 saturated heterocycles. The van der Waals surface area contributed by atoms with Crippen LogP contribution in [0.2, 0.25) is 0 Å². The van der Waals surface area contributed by atoms with Gasteiger partial charge in [0.15, 0.2) is 9.84 Å². The van der Waals surface area contributed by atoms with Crippen LogP contribution in [0.15, 0.2) is 51.8 Å². The second-order valence-corrected chi connectivity index (χ2v) is 8.10. The van der Waals surface area contributed by atoms with Crippen molar-refractivity contribution in [2.24, 2.45) is 0 Å². The molecule has 5 heteroatoms. The van der Waals surface area contributed by atoms with Crippen molar-refractivity contribution in [3.05, 3.63) is 58.1 Å². The van der Waals surface area contributed by atoms with Crippen LogP contribution < -0.4 is 5.32 Å². The Balaban J connectivity index is 2.20. The molecule has 0 aromatic heterocycles. The molecule has 2 rings (SSSR count). The van der Waals surface area contributed by atoms with Crippen molar-refractivity contribution in [1.29, 1.82) is 0 Å². The van der Waals surface area contributed by atoms with Gasteiger partial charge in [-0.3, -0.25) is 0 Å². The van der Waals surface area contributed by atoms with Gasteiger partial charge < -0.3 is 5.32 Å². The fourth-order valence-electron chi connectivity index (χ4n) is 2.07. The Morgan fingerprint density at radius 3 is 2.29 bits per heavy atom. The van der Waals surface area contributed by atoms with Crippen LogP contribution in [0.1, 0.15) is 24.1 Å². The summed E-state index contributed by atoms with van der Waals surface area (Å²) in [6, 6.07) is 13.2. The van der Waals surface area contributed by atoms with Crippen molar-refractivity contribution < 1.29 is 8.42 Å². The Kier molecular flexibility index (Phi) is 4.74. The molecule has 112 valence electrons. The molecule has 0 saturated carbocycles. The van der Waals surface area contributed by atoms with Gasteiger partial charge in [0.2, 0.25) is 0 Å². The topological polar surface area (TPSA) is 46.2 Å². The highest BCUT2D eigenvalue weighted by Crippen LogP contribution is 2.25. The normalized spacial score (nSPS) is 13.0. The Bertz CT molecular complexity index is 739. The van der Waals surface area contributed by atoms with Gasteiger partial charge in [0.25, 0.3) is 0 Å². The lowest BCUT2D eigenvalue weighted by atomic mass is 10.1. The van der Waals surface area contributed by atoms with Crippen molar-refractivity contribution in [3.63, 3.8) is 0 Å². The third kappa shape index (κ3) is 4.08. The van der Waals surface area contributed by atoms with E-state index in [4.69, 9.17) is 0 Å². The highest BCUT2D eigenvalue weighted by Gasteiger charge is 2.10. The molecular formula is C16H18BrNO2S. The first kappa shape index (κ1) is 16.0. The van der Waals surface area contributed by atoms with E-state index in [9.17, 15) is 8.42 Å². The van der Waals surface area contributed by atoms with Crippen molar-refractivity contribution in [1.82, 2.24) is 0 Å². The summed E-state index contributed by atoms with van der Waals surface area (Å²) in [5, 5.41) is 3.45. The molecule has 0 fully saturated rings. The first-order chi connectivity index (χ1) is 9.77. The van der Waals surface area contributed by atoms with Crippen molar-refractivity contribution in [3.8, 4) is 0 Å². The van der Waals surface area contributed by atoms with Crippen molar-refractivity contribution in [2.45, 2.75) is 24.8 Å². The lowest BCUT2D eigenvalue weighted by molar-refractivity contribution is 0.602. The van der Waals surface area contributed by atoms with Crippen LogP contribution in [-0.2, 0) is 9.84 Å². The molecule has 0 bridgehead atoms. The summed E-state index contributed by atoms with van der Waals surface area (Å²) in [4.78, 5) is 0.345. The Hall–Kier alpha value is -1.33. The average Bonchev–Trinajstić information content (AvgIpc) is 2.42. The molecule has 2 aromatic rings. The summed E-state index contributed by atoms with van der Waals surface area (Å²) in [5.74, 6) is 0. The molecule has 21 heavy (non-hydrogen) atoms. The van der Waals surface area contributed by atoms with E-state index in [1.165, 1.54) is 6.26 Å². The highest BCUT2D eigenvalue weighted by atomic mass is 79.9. The second-order valence-electron chi connectivity index (χ2n) is 5.17. The summed E-state index contributed by atoms with van der Waals surface area (Å²) in [6.07, 6.45) is 1.22. The summed E-state index contributed by atoms with van der Waals surface area (Å²) in [6.45, 7) is 4.10. The minimum atomic E-state index is -3.14. The van der Waals surface area contributed by atoms with Gasteiger partial charge in [0.05, 0.1) is 4.90 Å². The van der Waals surface area contributed by atoms with E-state index in [1.807, 2.05) is 37.3 Å². The molecule has 1 atom stereocenters. The molecule has 1 N–H and O–H groups in total. The van der Waals surface area contributed by atoms with Gasteiger partial charge >= 0.3 is 0 Å². The number of sulfone groups is 1. The quantitative estimate of drug-likeness (QED) is 0.874. The van der Waals surface area contributed by atoms with Crippen LogP contribution in [0.3, 0.4) is 0 Å².